The summed E-state index contributed by atoms with van der Waals surface area (Å²) in [6.45, 7) is 0.762. The lowest BCUT2D eigenvalue weighted by atomic mass is 10.1. The van der Waals surface area contributed by atoms with Gasteiger partial charge in [0.15, 0.2) is 5.82 Å². The molecule has 7 heteroatoms. The summed E-state index contributed by atoms with van der Waals surface area (Å²) in [5.74, 6) is 1.22. The third kappa shape index (κ3) is 2.86. The van der Waals surface area contributed by atoms with Crippen molar-refractivity contribution in [2.45, 2.75) is 37.3 Å². The van der Waals surface area contributed by atoms with Crippen molar-refractivity contribution in [3.05, 3.63) is 47.0 Å². The molecule has 3 atom stereocenters. The van der Waals surface area contributed by atoms with E-state index in [1.807, 2.05) is 34.7 Å². The molecule has 4 rings (SSSR count). The summed E-state index contributed by atoms with van der Waals surface area (Å²) in [5.41, 5.74) is 1.19. The van der Waals surface area contributed by atoms with Gasteiger partial charge in [-0.3, -0.25) is 0 Å². The van der Waals surface area contributed by atoms with Gasteiger partial charge >= 0.3 is 6.03 Å². The maximum Gasteiger partial charge on any atom is 0.318 e. The second-order valence-corrected chi connectivity index (χ2v) is 7.04. The van der Waals surface area contributed by atoms with Crippen molar-refractivity contribution >= 4 is 17.6 Å². The molecule has 1 saturated carbocycles. The molecule has 2 aromatic rings. The van der Waals surface area contributed by atoms with Crippen molar-refractivity contribution in [3.8, 4) is 0 Å². The fourth-order valence-electron chi connectivity index (χ4n) is 3.57. The number of carbonyl (C=O) groups excluding carboxylic acids is 1. The van der Waals surface area contributed by atoms with Crippen molar-refractivity contribution < 1.29 is 4.79 Å². The van der Waals surface area contributed by atoms with E-state index in [4.69, 9.17) is 11.6 Å². The van der Waals surface area contributed by atoms with Crippen LogP contribution in [0.15, 0.2) is 30.6 Å². The van der Waals surface area contributed by atoms with Gasteiger partial charge in [0.2, 0.25) is 0 Å². The van der Waals surface area contributed by atoms with Crippen LogP contribution in [0.2, 0.25) is 5.02 Å². The highest BCUT2D eigenvalue weighted by Gasteiger charge is 2.42. The average Bonchev–Trinajstić information content (AvgIpc) is 2.95. The molecule has 2 aliphatic rings. The Labute approximate surface area is 145 Å². The first-order valence-electron chi connectivity index (χ1n) is 8.30. The van der Waals surface area contributed by atoms with Crippen LogP contribution in [0.3, 0.4) is 0 Å². The van der Waals surface area contributed by atoms with Crippen molar-refractivity contribution in [1.29, 1.82) is 0 Å². The summed E-state index contributed by atoms with van der Waals surface area (Å²) in [4.78, 5) is 14.6. The number of rotatable bonds is 3. The standard InChI is InChI=1S/C17H20ClN5O/c1-22-10-19-21-16(22)15-6-3-7-23(15)17(24)20-14-9-13(14)11-4-2-5-12(18)8-11/h2,4-5,8,10,13-15H,3,6-7,9H2,1H3,(H,20,24)/t13-,14+,15?/m0/s1. The molecule has 1 aliphatic heterocycles. The van der Waals surface area contributed by atoms with Gasteiger partial charge in [-0.25, -0.2) is 4.79 Å². The molecule has 2 fully saturated rings. The van der Waals surface area contributed by atoms with Crippen molar-refractivity contribution in [3.63, 3.8) is 0 Å². The Morgan fingerprint density at radius 2 is 2.29 bits per heavy atom. The number of benzene rings is 1. The second kappa shape index (κ2) is 6.09. The Morgan fingerprint density at radius 1 is 1.42 bits per heavy atom. The van der Waals surface area contributed by atoms with Gasteiger partial charge in [-0.15, -0.1) is 10.2 Å². The molecule has 0 bridgehead atoms. The zero-order chi connectivity index (χ0) is 16.7. The quantitative estimate of drug-likeness (QED) is 0.930. The summed E-state index contributed by atoms with van der Waals surface area (Å²) in [7, 11) is 1.92. The van der Waals surface area contributed by atoms with Crippen molar-refractivity contribution in [2.75, 3.05) is 6.54 Å². The number of nitrogens with zero attached hydrogens (tertiary/aromatic N) is 4. The maximum atomic E-state index is 12.7. The molecular formula is C17H20ClN5O. The number of aromatic nitrogens is 3. The SMILES string of the molecule is Cn1cnnc1C1CCCN1C(=O)N[C@@H]1C[C@H]1c1cccc(Cl)c1. The van der Waals surface area contributed by atoms with Crippen LogP contribution >= 0.6 is 11.6 Å². The van der Waals surface area contributed by atoms with Gasteiger partial charge in [-0.2, -0.15) is 0 Å². The third-order valence-corrected chi connectivity index (χ3v) is 5.17. The molecule has 1 unspecified atom stereocenters. The Bertz CT molecular complexity index is 761. The van der Waals surface area contributed by atoms with Gasteiger partial charge in [0.1, 0.15) is 6.33 Å². The van der Waals surface area contributed by atoms with E-state index < -0.39 is 0 Å². The van der Waals surface area contributed by atoms with Gasteiger partial charge in [0, 0.05) is 30.6 Å². The number of halogens is 1. The van der Waals surface area contributed by atoms with Crippen LogP contribution in [-0.4, -0.2) is 38.3 Å². The number of carbonyl (C=O) groups is 1. The molecule has 2 amide bonds. The Balaban J connectivity index is 1.41. The Morgan fingerprint density at radius 3 is 3.04 bits per heavy atom. The lowest BCUT2D eigenvalue weighted by Gasteiger charge is -2.24. The summed E-state index contributed by atoms with van der Waals surface area (Å²) < 4.78 is 1.89. The van der Waals surface area contributed by atoms with Gasteiger partial charge < -0.3 is 14.8 Å². The molecule has 6 nitrogen and oxygen atoms in total. The Kier molecular flexibility index (Phi) is 3.92. The number of urea groups is 1. The highest BCUT2D eigenvalue weighted by molar-refractivity contribution is 6.30. The minimum absolute atomic E-state index is 0.00460. The normalized spacial score (nSPS) is 25.8. The summed E-state index contributed by atoms with van der Waals surface area (Å²) >= 11 is 6.05. The fourth-order valence-corrected chi connectivity index (χ4v) is 3.77. The number of aryl methyl sites for hydroxylation is 1. The molecular weight excluding hydrogens is 326 g/mol. The van der Waals surface area contributed by atoms with E-state index in [2.05, 4.69) is 21.6 Å². The number of amides is 2. The molecule has 1 saturated heterocycles. The highest BCUT2D eigenvalue weighted by atomic mass is 35.5. The lowest BCUT2D eigenvalue weighted by molar-refractivity contribution is 0.189. The number of likely N-dealkylation sites (tertiary alicyclic amines) is 1. The minimum atomic E-state index is -0.00460. The monoisotopic (exact) mass is 345 g/mol. The van der Waals surface area contributed by atoms with Gasteiger partial charge in [-0.1, -0.05) is 23.7 Å². The molecule has 126 valence electrons. The molecule has 1 N–H and O–H groups in total. The topological polar surface area (TPSA) is 63.1 Å². The molecule has 1 aromatic carbocycles. The second-order valence-electron chi connectivity index (χ2n) is 6.60. The van der Waals surface area contributed by atoms with Crippen LogP contribution in [0, 0.1) is 0 Å². The van der Waals surface area contributed by atoms with Gasteiger partial charge in [-0.05, 0) is 37.0 Å². The first-order chi connectivity index (χ1) is 11.6. The third-order valence-electron chi connectivity index (χ3n) is 4.93. The molecule has 1 aliphatic carbocycles. The van der Waals surface area contributed by atoms with Crippen LogP contribution < -0.4 is 5.32 Å². The van der Waals surface area contributed by atoms with E-state index >= 15 is 0 Å². The lowest BCUT2D eigenvalue weighted by Crippen LogP contribution is -2.41. The first-order valence-corrected chi connectivity index (χ1v) is 8.68. The minimum Gasteiger partial charge on any atom is -0.335 e. The highest BCUT2D eigenvalue weighted by Crippen LogP contribution is 2.42. The average molecular weight is 346 g/mol. The van der Waals surface area contributed by atoms with E-state index in [0.29, 0.717) is 5.92 Å². The molecule has 0 radical (unpaired) electrons. The summed E-state index contributed by atoms with van der Waals surface area (Å²) in [5, 5.41) is 12.0. The fraction of sp³-hybridized carbons (Fsp3) is 0.471. The predicted molar refractivity (Wildman–Crippen MR) is 90.8 cm³/mol. The van der Waals surface area contributed by atoms with E-state index in [0.717, 1.165) is 36.7 Å². The summed E-state index contributed by atoms with van der Waals surface area (Å²) in [6, 6.07) is 8.08. The number of hydrogen-bond donors (Lipinski definition) is 1. The largest absolute Gasteiger partial charge is 0.335 e. The van der Waals surface area contributed by atoms with Crippen LogP contribution in [0.4, 0.5) is 4.79 Å². The van der Waals surface area contributed by atoms with Crippen molar-refractivity contribution in [2.24, 2.45) is 7.05 Å². The number of hydrogen-bond acceptors (Lipinski definition) is 3. The van der Waals surface area contributed by atoms with Crippen LogP contribution in [0.25, 0.3) is 0 Å². The predicted octanol–water partition coefficient (Wildman–Crippen LogP) is 2.87. The molecule has 2 heterocycles. The summed E-state index contributed by atoms with van der Waals surface area (Å²) in [6.07, 6.45) is 4.57. The van der Waals surface area contributed by atoms with Crippen molar-refractivity contribution in [1.82, 2.24) is 25.0 Å². The maximum absolute atomic E-state index is 12.7. The molecule has 0 spiro atoms. The molecule has 24 heavy (non-hydrogen) atoms. The van der Waals surface area contributed by atoms with Crippen LogP contribution in [0.5, 0.6) is 0 Å². The zero-order valence-corrected chi connectivity index (χ0v) is 14.3. The first kappa shape index (κ1) is 15.4. The van der Waals surface area contributed by atoms with Gasteiger partial charge in [0.25, 0.3) is 0 Å². The van der Waals surface area contributed by atoms with E-state index in [1.54, 1.807) is 6.33 Å². The van der Waals surface area contributed by atoms with E-state index in [9.17, 15) is 4.79 Å². The van der Waals surface area contributed by atoms with Gasteiger partial charge in [0.05, 0.1) is 6.04 Å². The van der Waals surface area contributed by atoms with Crippen LogP contribution in [0.1, 0.15) is 42.6 Å². The van der Waals surface area contributed by atoms with Crippen LogP contribution in [-0.2, 0) is 7.05 Å². The Hall–Kier alpha value is -2.08. The molecule has 1 aromatic heterocycles. The number of nitrogens with one attached hydrogen (secondary N) is 1. The van der Waals surface area contributed by atoms with E-state index in [-0.39, 0.29) is 18.1 Å². The van der Waals surface area contributed by atoms with E-state index in [1.165, 1.54) is 5.56 Å². The zero-order valence-electron chi connectivity index (χ0n) is 13.5. The smallest absolute Gasteiger partial charge is 0.318 e.